The predicted molar refractivity (Wildman–Crippen MR) is 157 cm³/mol. The Morgan fingerprint density at radius 2 is 1.55 bits per heavy atom. The average Bonchev–Trinajstić information content (AvgIpc) is 2.92. The van der Waals surface area contributed by atoms with Crippen molar-refractivity contribution in [2.75, 3.05) is 38.2 Å². The van der Waals surface area contributed by atoms with Gasteiger partial charge in [-0.25, -0.2) is 9.59 Å². The number of amides is 2. The fraction of sp³-hybridized carbons (Fsp3) is 0.333. The van der Waals surface area contributed by atoms with Gasteiger partial charge in [0.2, 0.25) is 0 Å². The van der Waals surface area contributed by atoms with Crippen molar-refractivity contribution >= 4 is 40.9 Å². The van der Waals surface area contributed by atoms with Crippen LogP contribution in [0.3, 0.4) is 0 Å². The molecule has 3 aromatic rings. The van der Waals surface area contributed by atoms with E-state index in [1.807, 2.05) is 42.5 Å². The van der Waals surface area contributed by atoms with Crippen molar-refractivity contribution < 1.29 is 28.9 Å². The van der Waals surface area contributed by atoms with Crippen molar-refractivity contribution in [1.82, 2.24) is 4.90 Å². The quantitative estimate of drug-likeness (QED) is 0.179. The van der Waals surface area contributed by atoms with Gasteiger partial charge in [-0.05, 0) is 67.8 Å². The molecule has 0 radical (unpaired) electrons. The number of aliphatic carboxylic acids is 1. The molecule has 0 aliphatic carbocycles. The highest BCUT2D eigenvalue weighted by Gasteiger charge is 2.18. The number of hydrogen-bond donors (Lipinski definition) is 2. The van der Waals surface area contributed by atoms with Crippen molar-refractivity contribution in [3.05, 3.63) is 88.4 Å². The molecule has 0 spiro atoms. The Morgan fingerprint density at radius 1 is 0.875 bits per heavy atom. The molecule has 2 N–H and O–H groups in total. The molecule has 0 saturated heterocycles. The van der Waals surface area contributed by atoms with Gasteiger partial charge in [0.15, 0.2) is 6.10 Å². The molecule has 2 amide bonds. The Hall–Kier alpha value is -3.46. The normalized spacial score (nSPS) is 11.5. The summed E-state index contributed by atoms with van der Waals surface area (Å²) >= 11 is 12.0. The molecule has 0 fully saturated rings. The first kappa shape index (κ1) is 31.1. The molecule has 0 aliphatic heterocycles. The van der Waals surface area contributed by atoms with Crippen LogP contribution in [0.15, 0.2) is 72.8 Å². The number of nitrogens with one attached hydrogen (secondary N) is 1. The van der Waals surface area contributed by atoms with Gasteiger partial charge >= 0.3 is 12.0 Å². The average molecular weight is 590 g/mol. The van der Waals surface area contributed by atoms with Crippen LogP contribution >= 0.6 is 23.2 Å². The standard InChI is InChI=1S/C30H34Cl2N2O6/c1-2-38-28(29(35)36)18-22-10-12-26(13-11-22)40-17-15-34(30(37)33-25-8-4-3-5-9-25)14-6-7-16-39-27-20-23(31)19-24(32)21-27/h3-5,8-13,19-21,28H,2,6-7,14-18H2,1H3,(H,33,37)(H,35,36). The van der Waals surface area contributed by atoms with E-state index < -0.39 is 12.1 Å². The molecule has 3 rings (SSSR count). The molecule has 0 saturated carbocycles. The third-order valence-electron chi connectivity index (χ3n) is 5.86. The first-order valence-corrected chi connectivity index (χ1v) is 13.9. The lowest BCUT2D eigenvalue weighted by Gasteiger charge is -2.23. The first-order valence-electron chi connectivity index (χ1n) is 13.1. The highest BCUT2D eigenvalue weighted by Crippen LogP contribution is 2.24. The van der Waals surface area contributed by atoms with E-state index >= 15 is 0 Å². The number of unbranched alkanes of at least 4 members (excludes halogenated alkanes) is 1. The predicted octanol–water partition coefficient (Wildman–Crippen LogP) is 6.80. The molecule has 1 atom stereocenters. The number of para-hydroxylation sites is 1. The maximum atomic E-state index is 13.0. The molecule has 0 bridgehead atoms. The van der Waals surface area contributed by atoms with E-state index in [4.69, 9.17) is 37.4 Å². The van der Waals surface area contributed by atoms with E-state index in [9.17, 15) is 14.7 Å². The van der Waals surface area contributed by atoms with Crippen molar-refractivity contribution in [2.24, 2.45) is 0 Å². The van der Waals surface area contributed by atoms with E-state index in [0.717, 1.165) is 18.4 Å². The van der Waals surface area contributed by atoms with Crippen LogP contribution in [-0.2, 0) is 16.0 Å². The summed E-state index contributed by atoms with van der Waals surface area (Å²) < 4.78 is 16.9. The number of halogens is 2. The first-order chi connectivity index (χ1) is 19.3. The number of nitrogens with zero attached hydrogens (tertiary/aromatic N) is 1. The Balaban J connectivity index is 1.50. The number of ether oxygens (including phenoxy) is 3. The highest BCUT2D eigenvalue weighted by atomic mass is 35.5. The van der Waals surface area contributed by atoms with Crippen LogP contribution < -0.4 is 14.8 Å². The van der Waals surface area contributed by atoms with E-state index in [1.165, 1.54) is 0 Å². The number of urea groups is 1. The molecule has 0 heterocycles. The lowest BCUT2D eigenvalue weighted by Crippen LogP contribution is -2.38. The van der Waals surface area contributed by atoms with E-state index in [1.54, 1.807) is 42.2 Å². The van der Waals surface area contributed by atoms with Gasteiger partial charge < -0.3 is 29.5 Å². The molecule has 8 nitrogen and oxygen atoms in total. The Labute approximate surface area is 244 Å². The van der Waals surface area contributed by atoms with Crippen LogP contribution in [0.4, 0.5) is 10.5 Å². The van der Waals surface area contributed by atoms with Crippen molar-refractivity contribution in [2.45, 2.75) is 32.3 Å². The molecule has 3 aromatic carbocycles. The van der Waals surface area contributed by atoms with Gasteiger partial charge in [-0.2, -0.15) is 0 Å². The molecule has 40 heavy (non-hydrogen) atoms. The summed E-state index contributed by atoms with van der Waals surface area (Å²) in [6.45, 7) is 3.72. The minimum Gasteiger partial charge on any atom is -0.493 e. The van der Waals surface area contributed by atoms with Gasteiger partial charge in [-0.1, -0.05) is 53.5 Å². The summed E-state index contributed by atoms with van der Waals surface area (Å²) in [7, 11) is 0. The number of hydrogen-bond acceptors (Lipinski definition) is 5. The summed E-state index contributed by atoms with van der Waals surface area (Å²) in [6.07, 6.45) is 0.823. The minimum absolute atomic E-state index is 0.219. The van der Waals surface area contributed by atoms with Gasteiger partial charge in [-0.15, -0.1) is 0 Å². The molecular weight excluding hydrogens is 555 g/mol. The molecular formula is C30H34Cl2N2O6. The van der Waals surface area contributed by atoms with E-state index in [2.05, 4.69) is 5.32 Å². The molecule has 214 valence electrons. The van der Waals surface area contributed by atoms with Crippen molar-refractivity contribution in [3.8, 4) is 11.5 Å². The summed E-state index contributed by atoms with van der Waals surface area (Å²) in [6, 6.07) is 21.3. The van der Waals surface area contributed by atoms with Gasteiger partial charge in [-0.3, -0.25) is 0 Å². The van der Waals surface area contributed by atoms with Gasteiger partial charge in [0, 0.05) is 35.3 Å². The molecule has 10 heteroatoms. The monoisotopic (exact) mass is 588 g/mol. The number of rotatable bonds is 16. The molecule has 1 unspecified atom stereocenters. The topological polar surface area (TPSA) is 97.3 Å². The zero-order chi connectivity index (χ0) is 28.7. The summed E-state index contributed by atoms with van der Waals surface area (Å²) in [5.41, 5.74) is 1.54. The largest absolute Gasteiger partial charge is 0.493 e. The Kier molecular flexibility index (Phi) is 12.9. The number of benzene rings is 3. The maximum absolute atomic E-state index is 13.0. The van der Waals surface area contributed by atoms with Crippen LogP contribution in [0.5, 0.6) is 11.5 Å². The fourth-order valence-electron chi connectivity index (χ4n) is 3.87. The summed E-state index contributed by atoms with van der Waals surface area (Å²) in [5, 5.41) is 13.2. The smallest absolute Gasteiger partial charge is 0.333 e. The third kappa shape index (κ3) is 11.0. The lowest BCUT2D eigenvalue weighted by atomic mass is 10.1. The Morgan fingerprint density at radius 3 is 2.20 bits per heavy atom. The van der Waals surface area contributed by atoms with E-state index in [0.29, 0.717) is 53.5 Å². The highest BCUT2D eigenvalue weighted by molar-refractivity contribution is 6.34. The van der Waals surface area contributed by atoms with Crippen molar-refractivity contribution in [3.63, 3.8) is 0 Å². The maximum Gasteiger partial charge on any atom is 0.333 e. The zero-order valence-electron chi connectivity index (χ0n) is 22.4. The summed E-state index contributed by atoms with van der Waals surface area (Å²) in [5.74, 6) is 0.243. The van der Waals surface area contributed by atoms with E-state index in [-0.39, 0.29) is 19.1 Å². The third-order valence-corrected chi connectivity index (χ3v) is 6.29. The second kappa shape index (κ2) is 16.6. The van der Waals surface area contributed by atoms with Gasteiger partial charge in [0.05, 0.1) is 13.2 Å². The minimum atomic E-state index is -0.989. The number of carboxylic acids is 1. The van der Waals surface area contributed by atoms with Gasteiger partial charge in [0.25, 0.3) is 0 Å². The number of carbonyl (C=O) groups excluding carboxylic acids is 1. The Bertz CT molecular complexity index is 1190. The second-order valence-corrected chi connectivity index (χ2v) is 9.80. The molecule has 0 aromatic heterocycles. The fourth-order valence-corrected chi connectivity index (χ4v) is 4.38. The van der Waals surface area contributed by atoms with Crippen LogP contribution in [0.1, 0.15) is 25.3 Å². The summed E-state index contributed by atoms with van der Waals surface area (Å²) in [4.78, 5) is 26.0. The van der Waals surface area contributed by atoms with Gasteiger partial charge in [0.1, 0.15) is 18.1 Å². The number of anilines is 1. The number of carboxylic acid groups (broad SMARTS) is 1. The van der Waals surface area contributed by atoms with Crippen LogP contribution in [-0.4, -0.2) is 61.0 Å². The molecule has 0 aliphatic rings. The SMILES string of the molecule is CCOC(Cc1ccc(OCCN(CCCCOc2cc(Cl)cc(Cl)c2)C(=O)Nc2ccccc2)cc1)C(=O)O. The van der Waals surface area contributed by atoms with Crippen molar-refractivity contribution in [1.29, 1.82) is 0 Å². The number of carbonyl (C=O) groups is 2. The zero-order valence-corrected chi connectivity index (χ0v) is 23.9. The second-order valence-electron chi connectivity index (χ2n) is 8.92. The van der Waals surface area contributed by atoms with Crippen LogP contribution in [0.25, 0.3) is 0 Å². The van der Waals surface area contributed by atoms with Crippen LogP contribution in [0, 0.1) is 0 Å². The van der Waals surface area contributed by atoms with Crippen LogP contribution in [0.2, 0.25) is 10.0 Å². The lowest BCUT2D eigenvalue weighted by molar-refractivity contribution is -0.149.